The number of hydrogen-bond donors (Lipinski definition) is 2. The van der Waals surface area contributed by atoms with E-state index in [9.17, 15) is 9.59 Å². The summed E-state index contributed by atoms with van der Waals surface area (Å²) in [4.78, 5) is 25.5. The summed E-state index contributed by atoms with van der Waals surface area (Å²) in [6, 6.07) is 8.21. The lowest BCUT2D eigenvalue weighted by Gasteiger charge is -2.44. The Kier molecular flexibility index (Phi) is 5.36. The Morgan fingerprint density at radius 3 is 2.58 bits per heavy atom. The molecule has 0 aliphatic carbocycles. The van der Waals surface area contributed by atoms with Crippen molar-refractivity contribution in [2.45, 2.75) is 12.5 Å². The molecule has 2 aromatic rings. The molecule has 31 heavy (non-hydrogen) atoms. The normalized spacial score (nSPS) is 21.2. The Morgan fingerprint density at radius 1 is 1.19 bits per heavy atom. The summed E-state index contributed by atoms with van der Waals surface area (Å²) in [5.41, 5.74) is 7.79. The fraction of sp³-hybridized carbons (Fsp3) is 0.364. The van der Waals surface area contributed by atoms with E-state index in [2.05, 4.69) is 5.32 Å². The van der Waals surface area contributed by atoms with Gasteiger partial charge in [-0.25, -0.2) is 0 Å². The molecule has 0 unspecified atom stereocenters. The van der Waals surface area contributed by atoms with Crippen LogP contribution >= 0.6 is 0 Å². The second-order valence-corrected chi connectivity index (χ2v) is 7.91. The summed E-state index contributed by atoms with van der Waals surface area (Å²) in [5.74, 6) is 1.45. The molecule has 2 heterocycles. The summed E-state index contributed by atoms with van der Waals surface area (Å²) in [6.45, 7) is 0.655. The molecule has 2 atom stereocenters. The first-order valence-corrected chi connectivity index (χ1v) is 9.93. The molecule has 0 radical (unpaired) electrons. The molecule has 4 rings (SSSR count). The number of nitrogens with two attached hydrogens (primary N) is 1. The topological polar surface area (TPSA) is 109 Å². The predicted octanol–water partition coefficient (Wildman–Crippen LogP) is 1.60. The van der Waals surface area contributed by atoms with Crippen molar-refractivity contribution in [3.8, 4) is 23.0 Å². The van der Waals surface area contributed by atoms with E-state index in [1.807, 2.05) is 13.1 Å². The van der Waals surface area contributed by atoms with Crippen LogP contribution in [0.4, 0.5) is 5.69 Å². The smallest absolute Gasteiger partial charge is 0.287 e. The van der Waals surface area contributed by atoms with Gasteiger partial charge >= 0.3 is 0 Å². The molecular formula is C22H26N3O6+. The highest BCUT2D eigenvalue weighted by Gasteiger charge is 2.48. The zero-order valence-electron chi connectivity index (χ0n) is 17.8. The van der Waals surface area contributed by atoms with Crippen molar-refractivity contribution in [2.75, 3.05) is 46.5 Å². The highest BCUT2D eigenvalue weighted by molar-refractivity contribution is 5.96. The Bertz CT molecular complexity index is 1020. The molecule has 0 aromatic heterocycles. The van der Waals surface area contributed by atoms with Crippen LogP contribution in [0, 0.1) is 0 Å². The molecule has 0 fully saturated rings. The lowest BCUT2D eigenvalue weighted by atomic mass is 9.88. The quantitative estimate of drug-likeness (QED) is 0.677. The molecule has 0 saturated heterocycles. The van der Waals surface area contributed by atoms with Crippen LogP contribution in [0.25, 0.3) is 0 Å². The molecular weight excluding hydrogens is 402 g/mol. The van der Waals surface area contributed by atoms with E-state index in [1.54, 1.807) is 31.4 Å². The van der Waals surface area contributed by atoms with Crippen LogP contribution < -0.4 is 30.0 Å². The maximum absolute atomic E-state index is 13.6. The number of primary amides is 1. The van der Waals surface area contributed by atoms with Gasteiger partial charge in [0.2, 0.25) is 12.5 Å². The Labute approximate surface area is 180 Å². The molecule has 0 saturated carbocycles. The Morgan fingerprint density at radius 2 is 1.94 bits per heavy atom. The summed E-state index contributed by atoms with van der Waals surface area (Å²) < 4.78 is 22.1. The average molecular weight is 428 g/mol. The number of hydrogen-bond acceptors (Lipinski definition) is 6. The van der Waals surface area contributed by atoms with Gasteiger partial charge in [-0.3, -0.25) is 9.59 Å². The van der Waals surface area contributed by atoms with Crippen LogP contribution in [0.5, 0.6) is 23.0 Å². The highest BCUT2D eigenvalue weighted by Crippen LogP contribution is 2.51. The summed E-state index contributed by atoms with van der Waals surface area (Å²) >= 11 is 0. The molecule has 2 aliphatic rings. The number of amides is 2. The van der Waals surface area contributed by atoms with Crippen molar-refractivity contribution >= 4 is 17.5 Å². The van der Waals surface area contributed by atoms with Gasteiger partial charge in [0.05, 0.1) is 33.4 Å². The van der Waals surface area contributed by atoms with Crippen LogP contribution in [0.3, 0.4) is 0 Å². The number of quaternary nitrogens is 1. The fourth-order valence-electron chi connectivity index (χ4n) is 4.43. The zero-order valence-corrected chi connectivity index (χ0v) is 17.8. The maximum atomic E-state index is 13.6. The number of nitrogens with one attached hydrogen (secondary N) is 1. The van der Waals surface area contributed by atoms with Crippen LogP contribution in [0.2, 0.25) is 0 Å². The SMILES string of the molecule is COc1ccc(NC(=O)[C@@H]2c3c(cc4c(c3OC)OCO4)CC[N@+]2(C)CC(N)=O)cc1. The van der Waals surface area contributed by atoms with E-state index < -0.39 is 11.9 Å². The number of carbonyl (C=O) groups excluding carboxylic acids is 2. The van der Waals surface area contributed by atoms with Crippen molar-refractivity contribution in [1.29, 1.82) is 0 Å². The fourth-order valence-corrected chi connectivity index (χ4v) is 4.43. The molecule has 3 N–H and O–H groups in total. The molecule has 9 nitrogen and oxygen atoms in total. The van der Waals surface area contributed by atoms with Gasteiger partial charge in [0, 0.05) is 12.1 Å². The maximum Gasteiger partial charge on any atom is 0.287 e. The number of carbonyl (C=O) groups is 2. The van der Waals surface area contributed by atoms with Crippen LogP contribution in [0.1, 0.15) is 17.2 Å². The minimum atomic E-state index is -0.734. The minimum absolute atomic E-state index is 0.0116. The first kappa shape index (κ1) is 20.8. The van der Waals surface area contributed by atoms with Crippen molar-refractivity contribution in [3.05, 3.63) is 41.5 Å². The lowest BCUT2D eigenvalue weighted by Crippen LogP contribution is -2.58. The number of fused-ring (bicyclic) bond motifs is 2. The third-order valence-corrected chi connectivity index (χ3v) is 5.86. The minimum Gasteiger partial charge on any atom is -0.497 e. The van der Waals surface area contributed by atoms with Crippen molar-refractivity contribution in [3.63, 3.8) is 0 Å². The average Bonchev–Trinajstić information content (AvgIpc) is 3.20. The second kappa shape index (κ2) is 7.99. The Balaban J connectivity index is 1.79. The number of nitrogens with zero attached hydrogens (tertiary/aromatic N) is 1. The standard InChI is InChI=1S/C22H25N3O6/c1-25(11-17(23)26)9-8-13-10-16-20(31-12-30-16)21(29-3)18(13)19(25)22(27)24-14-4-6-15(28-2)7-5-14/h4-7,10,19H,8-9,11-12H2,1-3H3,(H2-,23,24,26,27)/p+1/t19-,25+/m0/s1. The summed E-state index contributed by atoms with van der Waals surface area (Å²) in [5, 5.41) is 2.96. The third-order valence-electron chi connectivity index (χ3n) is 5.86. The summed E-state index contributed by atoms with van der Waals surface area (Å²) in [6.07, 6.45) is 0.637. The molecule has 2 amide bonds. The number of anilines is 1. The monoisotopic (exact) mass is 428 g/mol. The number of ether oxygens (including phenoxy) is 4. The van der Waals surface area contributed by atoms with Crippen molar-refractivity contribution in [2.24, 2.45) is 5.73 Å². The number of rotatable bonds is 6. The van der Waals surface area contributed by atoms with E-state index in [1.165, 1.54) is 7.11 Å². The van der Waals surface area contributed by atoms with Crippen LogP contribution in [-0.4, -0.2) is 57.4 Å². The van der Waals surface area contributed by atoms with Gasteiger partial charge in [0.15, 0.2) is 24.1 Å². The van der Waals surface area contributed by atoms with Crippen LogP contribution in [-0.2, 0) is 16.0 Å². The molecule has 0 spiro atoms. The highest BCUT2D eigenvalue weighted by atomic mass is 16.7. The third kappa shape index (κ3) is 3.72. The lowest BCUT2D eigenvalue weighted by molar-refractivity contribution is -0.924. The first-order valence-electron chi connectivity index (χ1n) is 9.93. The Hall–Kier alpha value is -3.46. The van der Waals surface area contributed by atoms with E-state index >= 15 is 0 Å². The van der Waals surface area contributed by atoms with Gasteiger partial charge in [-0.1, -0.05) is 0 Å². The van der Waals surface area contributed by atoms with E-state index in [-0.39, 0.29) is 23.7 Å². The van der Waals surface area contributed by atoms with E-state index in [0.29, 0.717) is 47.2 Å². The van der Waals surface area contributed by atoms with Gasteiger partial charge in [0.1, 0.15) is 5.75 Å². The molecule has 2 aromatic carbocycles. The molecule has 2 aliphatic heterocycles. The molecule has 9 heteroatoms. The van der Waals surface area contributed by atoms with E-state index in [0.717, 1.165) is 5.56 Å². The van der Waals surface area contributed by atoms with Gasteiger partial charge < -0.3 is 34.5 Å². The zero-order chi connectivity index (χ0) is 22.2. The first-order chi connectivity index (χ1) is 14.9. The number of benzene rings is 2. The van der Waals surface area contributed by atoms with Crippen LogP contribution in [0.15, 0.2) is 30.3 Å². The van der Waals surface area contributed by atoms with Gasteiger partial charge in [-0.2, -0.15) is 0 Å². The second-order valence-electron chi connectivity index (χ2n) is 7.91. The van der Waals surface area contributed by atoms with E-state index in [4.69, 9.17) is 24.7 Å². The molecule has 0 bridgehead atoms. The van der Waals surface area contributed by atoms with Crippen molar-refractivity contribution < 1.29 is 33.0 Å². The van der Waals surface area contributed by atoms with Gasteiger partial charge in [-0.05, 0) is 35.9 Å². The largest absolute Gasteiger partial charge is 0.497 e. The van der Waals surface area contributed by atoms with Gasteiger partial charge in [0.25, 0.3) is 11.8 Å². The van der Waals surface area contributed by atoms with Gasteiger partial charge in [-0.15, -0.1) is 0 Å². The number of likely N-dealkylation sites (N-methyl/N-ethyl adjacent to an activating group) is 1. The predicted molar refractivity (Wildman–Crippen MR) is 112 cm³/mol. The number of methoxy groups -OCH3 is 2. The van der Waals surface area contributed by atoms with Crippen molar-refractivity contribution in [1.82, 2.24) is 0 Å². The summed E-state index contributed by atoms with van der Waals surface area (Å²) in [7, 11) is 4.97. The molecule has 164 valence electrons.